The molecule has 0 heterocycles. The molecule has 156 valence electrons. The molecule has 2 amide bonds. The maximum atomic E-state index is 12.9. The predicted molar refractivity (Wildman–Crippen MR) is 116 cm³/mol. The Hall–Kier alpha value is -2.24. The van der Waals surface area contributed by atoms with E-state index in [-0.39, 0.29) is 25.0 Å². The van der Waals surface area contributed by atoms with Crippen LogP contribution >= 0.6 is 23.2 Å². The van der Waals surface area contributed by atoms with Crippen molar-refractivity contribution in [1.29, 1.82) is 0 Å². The third-order valence-electron chi connectivity index (χ3n) is 4.46. The fraction of sp³-hybridized carbons (Fsp3) is 0.364. The van der Waals surface area contributed by atoms with E-state index in [2.05, 4.69) is 12.2 Å². The van der Waals surface area contributed by atoms with Crippen molar-refractivity contribution in [1.82, 2.24) is 10.2 Å². The van der Waals surface area contributed by atoms with E-state index in [0.717, 1.165) is 12.8 Å². The van der Waals surface area contributed by atoms with E-state index < -0.39 is 6.04 Å². The van der Waals surface area contributed by atoms with Crippen LogP contribution in [0.25, 0.3) is 0 Å². The van der Waals surface area contributed by atoms with Crippen LogP contribution in [0.2, 0.25) is 10.0 Å². The van der Waals surface area contributed by atoms with Crippen molar-refractivity contribution >= 4 is 35.0 Å². The van der Waals surface area contributed by atoms with Crippen LogP contribution < -0.4 is 10.1 Å². The van der Waals surface area contributed by atoms with Gasteiger partial charge in [0.25, 0.3) is 5.91 Å². The molecular weight excluding hydrogens is 411 g/mol. The third-order valence-corrected chi connectivity index (χ3v) is 5.05. The number of carbonyl (C=O) groups is 2. The lowest BCUT2D eigenvalue weighted by atomic mass is 10.1. The predicted octanol–water partition coefficient (Wildman–Crippen LogP) is 4.71. The summed E-state index contributed by atoms with van der Waals surface area (Å²) in [6, 6.07) is 13.5. The van der Waals surface area contributed by atoms with E-state index in [4.69, 9.17) is 27.9 Å². The van der Waals surface area contributed by atoms with Gasteiger partial charge < -0.3 is 15.0 Å². The Morgan fingerprint density at radius 2 is 1.86 bits per heavy atom. The average molecular weight is 437 g/mol. The summed E-state index contributed by atoms with van der Waals surface area (Å²) in [6.45, 7) is 4.32. The van der Waals surface area contributed by atoms with Crippen LogP contribution in [0.15, 0.2) is 48.5 Å². The highest BCUT2D eigenvalue weighted by Gasteiger charge is 2.27. The first-order chi connectivity index (χ1) is 13.9. The fourth-order valence-corrected chi connectivity index (χ4v) is 3.17. The van der Waals surface area contributed by atoms with Gasteiger partial charge >= 0.3 is 0 Å². The number of hydrogen-bond donors (Lipinski definition) is 1. The molecular formula is C22H26Cl2N2O3. The average Bonchev–Trinajstić information content (AvgIpc) is 2.72. The van der Waals surface area contributed by atoms with E-state index in [1.165, 1.54) is 4.90 Å². The summed E-state index contributed by atoms with van der Waals surface area (Å²) in [6.07, 6.45) is 1.86. The van der Waals surface area contributed by atoms with E-state index >= 15 is 0 Å². The second-order valence-electron chi connectivity index (χ2n) is 6.68. The number of unbranched alkanes of at least 4 members (excludes halogenated alkanes) is 1. The molecule has 5 nitrogen and oxygen atoms in total. The fourth-order valence-electron chi connectivity index (χ4n) is 2.70. The minimum absolute atomic E-state index is 0.176. The minimum atomic E-state index is -0.675. The number of amides is 2. The van der Waals surface area contributed by atoms with Gasteiger partial charge in [-0.2, -0.15) is 0 Å². The number of nitrogens with zero attached hydrogens (tertiary/aromatic N) is 1. The molecule has 2 rings (SSSR count). The van der Waals surface area contributed by atoms with Gasteiger partial charge in [0.2, 0.25) is 5.91 Å². The molecule has 1 atom stereocenters. The Labute approximate surface area is 181 Å². The lowest BCUT2D eigenvalue weighted by Gasteiger charge is -2.29. The summed E-state index contributed by atoms with van der Waals surface area (Å²) in [5, 5.41) is 3.83. The smallest absolute Gasteiger partial charge is 0.261 e. The molecule has 0 saturated heterocycles. The van der Waals surface area contributed by atoms with E-state index in [0.29, 0.717) is 27.9 Å². The summed E-state index contributed by atoms with van der Waals surface area (Å²) in [4.78, 5) is 27.0. The van der Waals surface area contributed by atoms with Gasteiger partial charge in [-0.1, -0.05) is 60.8 Å². The number of ether oxygens (including phenoxy) is 1. The molecule has 0 spiro atoms. The monoisotopic (exact) mass is 436 g/mol. The van der Waals surface area contributed by atoms with Crippen molar-refractivity contribution in [3.05, 3.63) is 64.1 Å². The molecule has 7 heteroatoms. The van der Waals surface area contributed by atoms with Gasteiger partial charge in [0.15, 0.2) is 6.61 Å². The van der Waals surface area contributed by atoms with Crippen LogP contribution in [0.3, 0.4) is 0 Å². The molecule has 0 fully saturated rings. The van der Waals surface area contributed by atoms with Crippen molar-refractivity contribution in [2.24, 2.45) is 0 Å². The summed E-state index contributed by atoms with van der Waals surface area (Å²) < 4.78 is 5.59. The van der Waals surface area contributed by atoms with Gasteiger partial charge in [0.05, 0.1) is 0 Å². The summed E-state index contributed by atoms with van der Waals surface area (Å²) >= 11 is 12.3. The normalized spacial score (nSPS) is 11.6. The topological polar surface area (TPSA) is 58.6 Å². The van der Waals surface area contributed by atoms with Crippen molar-refractivity contribution in [2.75, 3.05) is 13.2 Å². The second kappa shape index (κ2) is 11.7. The van der Waals surface area contributed by atoms with Gasteiger partial charge in [-0.05, 0) is 43.2 Å². The second-order valence-corrected chi connectivity index (χ2v) is 7.52. The highest BCUT2D eigenvalue weighted by atomic mass is 35.5. The molecule has 0 aliphatic carbocycles. The van der Waals surface area contributed by atoms with Gasteiger partial charge in [-0.3, -0.25) is 9.59 Å². The molecule has 29 heavy (non-hydrogen) atoms. The number of para-hydroxylation sites is 1. The SMILES string of the molecule is CCCCNC(=O)[C@@H](C)N(Cc1ccc(Cl)cc1Cl)C(=O)COc1ccccc1. The van der Waals surface area contributed by atoms with Crippen molar-refractivity contribution in [2.45, 2.75) is 39.3 Å². The minimum Gasteiger partial charge on any atom is -0.484 e. The number of nitrogens with one attached hydrogen (secondary N) is 1. The zero-order chi connectivity index (χ0) is 21.2. The molecule has 0 unspecified atom stereocenters. The molecule has 0 aliphatic heterocycles. The molecule has 0 bridgehead atoms. The third kappa shape index (κ3) is 7.26. The van der Waals surface area contributed by atoms with E-state index in [1.807, 2.05) is 18.2 Å². The first-order valence-corrected chi connectivity index (χ1v) is 10.4. The molecule has 2 aromatic carbocycles. The maximum Gasteiger partial charge on any atom is 0.261 e. The summed E-state index contributed by atoms with van der Waals surface area (Å²) in [5.74, 6) is 0.0694. The summed E-state index contributed by atoms with van der Waals surface area (Å²) in [5.41, 5.74) is 0.706. The van der Waals surface area contributed by atoms with Crippen molar-refractivity contribution in [3.63, 3.8) is 0 Å². The lowest BCUT2D eigenvalue weighted by molar-refractivity contribution is -0.142. The maximum absolute atomic E-state index is 12.9. The Bertz CT molecular complexity index is 815. The van der Waals surface area contributed by atoms with Crippen LogP contribution in [-0.2, 0) is 16.1 Å². The Balaban J connectivity index is 2.14. The van der Waals surface area contributed by atoms with E-state index in [9.17, 15) is 9.59 Å². The molecule has 0 radical (unpaired) electrons. The number of halogens is 2. The van der Waals surface area contributed by atoms with Gasteiger partial charge in [0, 0.05) is 23.1 Å². The number of benzene rings is 2. The summed E-state index contributed by atoms with van der Waals surface area (Å²) in [7, 11) is 0. The van der Waals surface area contributed by atoms with Crippen LogP contribution in [0.5, 0.6) is 5.75 Å². The van der Waals surface area contributed by atoms with Crippen LogP contribution in [0.4, 0.5) is 0 Å². The Kier molecular flexibility index (Phi) is 9.29. The zero-order valence-corrected chi connectivity index (χ0v) is 18.2. The van der Waals surface area contributed by atoms with Crippen LogP contribution in [0.1, 0.15) is 32.3 Å². The van der Waals surface area contributed by atoms with E-state index in [1.54, 1.807) is 37.3 Å². The molecule has 1 N–H and O–H groups in total. The lowest BCUT2D eigenvalue weighted by Crippen LogP contribution is -2.49. The molecule has 0 saturated carbocycles. The molecule has 2 aromatic rings. The molecule has 0 aromatic heterocycles. The first kappa shape index (κ1) is 23.0. The standard InChI is InChI=1S/C22H26Cl2N2O3/c1-3-4-12-25-22(28)16(2)26(14-17-10-11-18(23)13-20(17)24)21(27)15-29-19-8-6-5-7-9-19/h5-11,13,16H,3-4,12,14-15H2,1-2H3,(H,25,28)/t16-/m1/s1. The number of hydrogen-bond acceptors (Lipinski definition) is 3. The quantitative estimate of drug-likeness (QED) is 0.548. The number of rotatable bonds is 10. The Morgan fingerprint density at radius 3 is 2.52 bits per heavy atom. The van der Waals surface area contributed by atoms with Crippen LogP contribution in [0, 0.1) is 0 Å². The zero-order valence-electron chi connectivity index (χ0n) is 16.7. The molecule has 0 aliphatic rings. The van der Waals surface area contributed by atoms with Gasteiger partial charge in [0.1, 0.15) is 11.8 Å². The van der Waals surface area contributed by atoms with Crippen LogP contribution in [-0.4, -0.2) is 35.9 Å². The largest absolute Gasteiger partial charge is 0.484 e. The highest BCUT2D eigenvalue weighted by Crippen LogP contribution is 2.23. The van der Waals surface area contributed by atoms with Crippen molar-refractivity contribution < 1.29 is 14.3 Å². The van der Waals surface area contributed by atoms with Gasteiger partial charge in [-0.25, -0.2) is 0 Å². The first-order valence-electron chi connectivity index (χ1n) is 9.61. The number of carbonyl (C=O) groups excluding carboxylic acids is 2. The van der Waals surface area contributed by atoms with Crippen molar-refractivity contribution in [3.8, 4) is 5.75 Å². The highest BCUT2D eigenvalue weighted by molar-refractivity contribution is 6.35. The Morgan fingerprint density at radius 1 is 1.14 bits per heavy atom. The van der Waals surface area contributed by atoms with Gasteiger partial charge in [-0.15, -0.1) is 0 Å².